The molecule has 0 heterocycles. The van der Waals surface area contributed by atoms with Crippen LogP contribution in [0.5, 0.6) is 0 Å². The zero-order valence-electron chi connectivity index (χ0n) is 11.5. The first-order valence-corrected chi connectivity index (χ1v) is 6.95. The van der Waals surface area contributed by atoms with E-state index in [4.69, 9.17) is 4.74 Å². The minimum absolute atomic E-state index is 0.256. The van der Waals surface area contributed by atoms with E-state index in [1.807, 2.05) is 58.9 Å². The van der Waals surface area contributed by atoms with Gasteiger partial charge in [-0.25, -0.2) is 4.79 Å². The monoisotopic (exact) mass is 361 g/mol. The molecular weight excluding hydrogens is 341 g/mol. The molecule has 0 aliphatic heterocycles. The van der Waals surface area contributed by atoms with E-state index < -0.39 is 11.1 Å². The van der Waals surface area contributed by atoms with Crippen molar-refractivity contribution in [3.05, 3.63) is 27.8 Å². The smallest absolute Gasteiger partial charge is 0.331 e. The Labute approximate surface area is 122 Å². The Bertz CT molecular complexity index is 436. The summed E-state index contributed by atoms with van der Waals surface area (Å²) < 4.78 is 6.52. The van der Waals surface area contributed by atoms with Crippen molar-refractivity contribution in [2.75, 3.05) is 5.32 Å². The van der Waals surface area contributed by atoms with Gasteiger partial charge in [-0.3, -0.25) is 0 Å². The molecule has 1 rings (SSSR count). The number of halogens is 1. The lowest BCUT2D eigenvalue weighted by molar-refractivity contribution is -0.159. The quantitative estimate of drug-likeness (QED) is 0.657. The lowest BCUT2D eigenvalue weighted by atomic mass is 10.0. The summed E-state index contributed by atoms with van der Waals surface area (Å²) in [5.74, 6) is -0.256. The maximum atomic E-state index is 12.1. The first-order valence-electron chi connectivity index (χ1n) is 5.87. The third-order valence-corrected chi connectivity index (χ3v) is 2.86. The standard InChI is InChI=1S/C14H20INO2/c1-13(2,3)18-12(17)14(4,5)16-11-8-6-7-10(15)9-11/h6-9,16H,1-5H3. The van der Waals surface area contributed by atoms with Crippen molar-refractivity contribution in [3.63, 3.8) is 0 Å². The largest absolute Gasteiger partial charge is 0.458 e. The number of rotatable bonds is 3. The second-order valence-corrected chi connectivity index (χ2v) is 7.01. The van der Waals surface area contributed by atoms with Crippen molar-refractivity contribution >= 4 is 34.2 Å². The molecule has 0 radical (unpaired) electrons. The lowest BCUT2D eigenvalue weighted by Gasteiger charge is -2.30. The Morgan fingerprint density at radius 3 is 2.33 bits per heavy atom. The SMILES string of the molecule is CC(C)(C)OC(=O)C(C)(C)Nc1cccc(I)c1. The molecule has 1 aromatic carbocycles. The maximum Gasteiger partial charge on any atom is 0.331 e. The lowest BCUT2D eigenvalue weighted by Crippen LogP contribution is -2.44. The van der Waals surface area contributed by atoms with Crippen molar-refractivity contribution in [1.29, 1.82) is 0 Å². The average molecular weight is 361 g/mol. The van der Waals surface area contributed by atoms with Crippen molar-refractivity contribution in [2.24, 2.45) is 0 Å². The molecule has 0 saturated carbocycles. The summed E-state index contributed by atoms with van der Waals surface area (Å²) in [6.07, 6.45) is 0. The maximum absolute atomic E-state index is 12.1. The molecular formula is C14H20INO2. The van der Waals surface area contributed by atoms with Gasteiger partial charge in [0.15, 0.2) is 0 Å². The fourth-order valence-corrected chi connectivity index (χ4v) is 1.93. The molecule has 0 bridgehead atoms. The van der Waals surface area contributed by atoms with E-state index in [0.717, 1.165) is 9.26 Å². The molecule has 0 spiro atoms. The van der Waals surface area contributed by atoms with Crippen LogP contribution >= 0.6 is 22.6 Å². The summed E-state index contributed by atoms with van der Waals surface area (Å²) in [5, 5.41) is 3.20. The van der Waals surface area contributed by atoms with Crippen LogP contribution in [0.3, 0.4) is 0 Å². The second kappa shape index (κ2) is 5.47. The summed E-state index contributed by atoms with van der Waals surface area (Å²) in [4.78, 5) is 12.1. The zero-order chi connectivity index (χ0) is 14.0. The number of anilines is 1. The van der Waals surface area contributed by atoms with Gasteiger partial charge in [-0.2, -0.15) is 0 Å². The van der Waals surface area contributed by atoms with Gasteiger partial charge in [-0.15, -0.1) is 0 Å². The van der Waals surface area contributed by atoms with Crippen LogP contribution in [-0.2, 0) is 9.53 Å². The molecule has 1 aromatic rings. The third kappa shape index (κ3) is 4.84. The van der Waals surface area contributed by atoms with Crippen molar-refractivity contribution in [2.45, 2.75) is 45.8 Å². The predicted octanol–water partition coefficient (Wildman–Crippen LogP) is 3.82. The summed E-state index contributed by atoms with van der Waals surface area (Å²) in [5.41, 5.74) is -0.309. The highest BCUT2D eigenvalue weighted by Gasteiger charge is 2.32. The predicted molar refractivity (Wildman–Crippen MR) is 82.7 cm³/mol. The molecule has 0 aromatic heterocycles. The highest BCUT2D eigenvalue weighted by atomic mass is 127. The van der Waals surface area contributed by atoms with Gasteiger partial charge in [0, 0.05) is 9.26 Å². The minimum Gasteiger partial charge on any atom is -0.458 e. The van der Waals surface area contributed by atoms with Crippen LogP contribution in [0.25, 0.3) is 0 Å². The number of hydrogen-bond donors (Lipinski definition) is 1. The van der Waals surface area contributed by atoms with Crippen LogP contribution < -0.4 is 5.32 Å². The van der Waals surface area contributed by atoms with E-state index in [0.29, 0.717) is 0 Å². The van der Waals surface area contributed by atoms with Crippen molar-refractivity contribution in [3.8, 4) is 0 Å². The number of carbonyl (C=O) groups excluding carboxylic acids is 1. The summed E-state index contributed by atoms with van der Waals surface area (Å²) in [7, 11) is 0. The third-order valence-electron chi connectivity index (χ3n) is 2.19. The molecule has 0 aliphatic carbocycles. The fourth-order valence-electron chi connectivity index (χ4n) is 1.38. The van der Waals surface area contributed by atoms with Gasteiger partial charge in [-0.1, -0.05) is 6.07 Å². The van der Waals surface area contributed by atoms with Gasteiger partial charge >= 0.3 is 5.97 Å². The van der Waals surface area contributed by atoms with Gasteiger partial charge in [0.2, 0.25) is 0 Å². The van der Waals surface area contributed by atoms with E-state index in [2.05, 4.69) is 27.9 Å². The summed E-state index contributed by atoms with van der Waals surface area (Å²) >= 11 is 2.24. The summed E-state index contributed by atoms with van der Waals surface area (Å²) in [6, 6.07) is 7.89. The van der Waals surface area contributed by atoms with Gasteiger partial charge in [0.05, 0.1) is 0 Å². The van der Waals surface area contributed by atoms with Crippen LogP contribution in [0.1, 0.15) is 34.6 Å². The van der Waals surface area contributed by atoms with Gasteiger partial charge in [0.1, 0.15) is 11.1 Å². The first kappa shape index (κ1) is 15.3. The van der Waals surface area contributed by atoms with Crippen molar-refractivity contribution in [1.82, 2.24) is 0 Å². The number of benzene rings is 1. The second-order valence-electron chi connectivity index (χ2n) is 5.76. The Balaban J connectivity index is 2.78. The van der Waals surface area contributed by atoms with Crippen LogP contribution in [0, 0.1) is 3.57 Å². The average Bonchev–Trinajstić information content (AvgIpc) is 2.13. The molecule has 1 N–H and O–H groups in total. The molecule has 3 nitrogen and oxygen atoms in total. The topological polar surface area (TPSA) is 38.3 Å². The Hall–Kier alpha value is -0.780. The molecule has 0 amide bonds. The molecule has 100 valence electrons. The van der Waals surface area contributed by atoms with E-state index >= 15 is 0 Å². The van der Waals surface area contributed by atoms with Gasteiger partial charge in [-0.05, 0) is 75.4 Å². The van der Waals surface area contributed by atoms with E-state index in [9.17, 15) is 4.79 Å². The Morgan fingerprint density at radius 2 is 1.83 bits per heavy atom. The van der Waals surface area contributed by atoms with Gasteiger partial charge < -0.3 is 10.1 Å². The first-order chi connectivity index (χ1) is 8.10. The molecule has 0 fully saturated rings. The number of hydrogen-bond acceptors (Lipinski definition) is 3. The van der Waals surface area contributed by atoms with E-state index in [1.54, 1.807) is 0 Å². The molecule has 0 saturated heterocycles. The number of nitrogens with one attached hydrogen (secondary N) is 1. The van der Waals surface area contributed by atoms with Crippen LogP contribution in [-0.4, -0.2) is 17.1 Å². The van der Waals surface area contributed by atoms with Crippen LogP contribution in [0.4, 0.5) is 5.69 Å². The fraction of sp³-hybridized carbons (Fsp3) is 0.500. The van der Waals surface area contributed by atoms with Gasteiger partial charge in [0.25, 0.3) is 0 Å². The Kier molecular flexibility index (Phi) is 4.64. The Morgan fingerprint density at radius 1 is 1.22 bits per heavy atom. The number of ether oxygens (including phenoxy) is 1. The number of carbonyl (C=O) groups is 1. The molecule has 18 heavy (non-hydrogen) atoms. The van der Waals surface area contributed by atoms with Crippen molar-refractivity contribution < 1.29 is 9.53 Å². The zero-order valence-corrected chi connectivity index (χ0v) is 13.7. The van der Waals surface area contributed by atoms with Crippen LogP contribution in [0.2, 0.25) is 0 Å². The van der Waals surface area contributed by atoms with E-state index in [-0.39, 0.29) is 5.97 Å². The molecule has 0 unspecified atom stereocenters. The highest BCUT2D eigenvalue weighted by molar-refractivity contribution is 14.1. The highest BCUT2D eigenvalue weighted by Crippen LogP contribution is 2.20. The van der Waals surface area contributed by atoms with Crippen LogP contribution in [0.15, 0.2) is 24.3 Å². The molecule has 4 heteroatoms. The minimum atomic E-state index is -0.752. The van der Waals surface area contributed by atoms with E-state index in [1.165, 1.54) is 0 Å². The number of esters is 1. The molecule has 0 atom stereocenters. The molecule has 0 aliphatic rings. The summed E-state index contributed by atoms with van der Waals surface area (Å²) in [6.45, 7) is 9.24. The normalized spacial score (nSPS) is 12.1.